The third-order valence-electron chi connectivity index (χ3n) is 5.23. The summed E-state index contributed by atoms with van der Waals surface area (Å²) < 4.78 is 5.80. The lowest BCUT2D eigenvalue weighted by atomic mass is 9.97. The Bertz CT molecular complexity index is 520. The number of hydrogen-bond acceptors (Lipinski definition) is 4. The first kappa shape index (κ1) is 16.7. The molecule has 1 N–H and O–H groups in total. The Morgan fingerprint density at radius 3 is 2.43 bits per heavy atom. The highest BCUT2D eigenvalue weighted by Gasteiger charge is 2.29. The number of hydrogen-bond donors (Lipinski definition) is 1. The van der Waals surface area contributed by atoms with E-state index in [1.54, 1.807) is 0 Å². The monoisotopic (exact) mass is 317 g/mol. The number of methoxy groups -OCH3 is 1. The number of benzene rings is 1. The molecule has 1 aromatic carbocycles. The van der Waals surface area contributed by atoms with E-state index in [4.69, 9.17) is 4.74 Å². The fourth-order valence-electron chi connectivity index (χ4n) is 4.12. The minimum atomic E-state index is 0.448. The second-order valence-electron chi connectivity index (χ2n) is 7.01. The zero-order chi connectivity index (χ0) is 16.2. The fourth-order valence-corrected chi connectivity index (χ4v) is 4.12. The zero-order valence-corrected chi connectivity index (χ0v) is 14.9. The third-order valence-corrected chi connectivity index (χ3v) is 5.23. The molecule has 0 aliphatic carbocycles. The van der Waals surface area contributed by atoms with Gasteiger partial charge in [-0.1, -0.05) is 17.7 Å². The largest absolute Gasteiger partial charge is 0.496 e. The summed E-state index contributed by atoms with van der Waals surface area (Å²) in [5.41, 5.74) is 3.97. The number of nitrogens with one attached hydrogen (secondary N) is 1. The second kappa shape index (κ2) is 7.65. The molecule has 4 nitrogen and oxygen atoms in total. The van der Waals surface area contributed by atoms with Crippen LogP contribution in [0.1, 0.15) is 35.6 Å². The van der Waals surface area contributed by atoms with Crippen LogP contribution in [0.5, 0.6) is 5.75 Å². The lowest BCUT2D eigenvalue weighted by Crippen LogP contribution is -2.47. The minimum absolute atomic E-state index is 0.448. The molecule has 1 atom stereocenters. The Labute approximate surface area is 140 Å². The Kier molecular flexibility index (Phi) is 5.57. The Morgan fingerprint density at radius 1 is 1.09 bits per heavy atom. The summed E-state index contributed by atoms with van der Waals surface area (Å²) >= 11 is 0. The second-order valence-corrected chi connectivity index (χ2v) is 7.01. The van der Waals surface area contributed by atoms with E-state index in [0.29, 0.717) is 6.04 Å². The summed E-state index contributed by atoms with van der Waals surface area (Å²) in [6.45, 7) is 12.4. The Hall–Kier alpha value is -1.10. The van der Waals surface area contributed by atoms with Gasteiger partial charge in [-0.25, -0.2) is 0 Å². The van der Waals surface area contributed by atoms with Crippen molar-refractivity contribution in [2.45, 2.75) is 32.7 Å². The lowest BCUT2D eigenvalue weighted by molar-refractivity contribution is 0.147. The van der Waals surface area contributed by atoms with E-state index in [2.05, 4.69) is 41.1 Å². The average molecular weight is 317 g/mol. The van der Waals surface area contributed by atoms with Gasteiger partial charge < -0.3 is 10.1 Å². The van der Waals surface area contributed by atoms with Crippen LogP contribution < -0.4 is 10.1 Å². The molecule has 3 rings (SSSR count). The molecular weight excluding hydrogens is 286 g/mol. The number of ether oxygens (including phenoxy) is 1. The molecule has 0 aromatic heterocycles. The van der Waals surface area contributed by atoms with Crippen molar-refractivity contribution in [3.63, 3.8) is 0 Å². The van der Waals surface area contributed by atoms with Crippen LogP contribution >= 0.6 is 0 Å². The molecular formula is C19H31N3O. The zero-order valence-electron chi connectivity index (χ0n) is 14.9. The van der Waals surface area contributed by atoms with Gasteiger partial charge >= 0.3 is 0 Å². The number of aryl methyl sites for hydroxylation is 2. The van der Waals surface area contributed by atoms with E-state index in [0.717, 1.165) is 38.5 Å². The molecule has 128 valence electrons. The summed E-state index contributed by atoms with van der Waals surface area (Å²) in [6, 6.07) is 5.02. The highest BCUT2D eigenvalue weighted by molar-refractivity contribution is 5.45. The van der Waals surface area contributed by atoms with Gasteiger partial charge in [0.25, 0.3) is 0 Å². The minimum Gasteiger partial charge on any atom is -0.496 e. The lowest BCUT2D eigenvalue weighted by Gasteiger charge is -2.36. The molecule has 4 heteroatoms. The van der Waals surface area contributed by atoms with Crippen molar-refractivity contribution in [3.8, 4) is 5.75 Å². The molecule has 2 heterocycles. The Morgan fingerprint density at radius 2 is 1.78 bits per heavy atom. The van der Waals surface area contributed by atoms with Gasteiger partial charge in [-0.15, -0.1) is 0 Å². The van der Waals surface area contributed by atoms with Crippen LogP contribution in [-0.2, 0) is 0 Å². The number of nitrogens with zero attached hydrogens (tertiary/aromatic N) is 2. The summed E-state index contributed by atoms with van der Waals surface area (Å²) in [5.74, 6) is 1.09. The van der Waals surface area contributed by atoms with Crippen molar-refractivity contribution in [2.75, 3.05) is 52.9 Å². The van der Waals surface area contributed by atoms with E-state index in [-0.39, 0.29) is 0 Å². The molecule has 0 radical (unpaired) electrons. The van der Waals surface area contributed by atoms with Crippen molar-refractivity contribution in [1.29, 1.82) is 0 Å². The molecule has 2 saturated heterocycles. The third kappa shape index (κ3) is 3.87. The molecule has 1 aromatic rings. The maximum atomic E-state index is 5.80. The first-order chi connectivity index (χ1) is 11.2. The summed E-state index contributed by atoms with van der Waals surface area (Å²) in [6.07, 6.45) is 2.65. The van der Waals surface area contributed by atoms with Crippen molar-refractivity contribution >= 4 is 0 Å². The first-order valence-corrected chi connectivity index (χ1v) is 9.01. The van der Waals surface area contributed by atoms with Gasteiger partial charge in [0.1, 0.15) is 5.75 Å². The standard InChI is InChI=1S/C19H31N3O/c1-15-12-16(2)19(23-3)17(13-15)18(22-8-4-5-9-22)14-21-10-6-20-7-11-21/h12-13,18,20H,4-11,14H2,1-3H3. The first-order valence-electron chi connectivity index (χ1n) is 9.01. The molecule has 0 spiro atoms. The normalized spacial score (nSPS) is 21.5. The molecule has 2 fully saturated rings. The van der Waals surface area contributed by atoms with Crippen molar-refractivity contribution in [3.05, 3.63) is 28.8 Å². The van der Waals surface area contributed by atoms with Crippen LogP contribution in [0, 0.1) is 13.8 Å². The van der Waals surface area contributed by atoms with Crippen LogP contribution in [-0.4, -0.2) is 62.7 Å². The maximum absolute atomic E-state index is 5.80. The van der Waals surface area contributed by atoms with Gasteiger partial charge in [0, 0.05) is 38.3 Å². The van der Waals surface area contributed by atoms with E-state index in [1.807, 2.05) is 7.11 Å². The van der Waals surface area contributed by atoms with Gasteiger partial charge in [0.2, 0.25) is 0 Å². The predicted octanol–water partition coefficient (Wildman–Crippen LogP) is 2.35. The van der Waals surface area contributed by atoms with E-state index >= 15 is 0 Å². The molecule has 1 unspecified atom stereocenters. The quantitative estimate of drug-likeness (QED) is 0.902. The molecule has 2 aliphatic rings. The summed E-state index contributed by atoms with van der Waals surface area (Å²) in [7, 11) is 1.81. The SMILES string of the molecule is COc1c(C)cc(C)cc1C(CN1CCNCC1)N1CCCC1. The van der Waals surface area contributed by atoms with Crippen molar-refractivity contribution < 1.29 is 4.74 Å². The molecule has 0 bridgehead atoms. The van der Waals surface area contributed by atoms with E-state index in [9.17, 15) is 0 Å². The number of likely N-dealkylation sites (tertiary alicyclic amines) is 1. The van der Waals surface area contributed by atoms with Crippen LogP contribution in [0.2, 0.25) is 0 Å². The molecule has 0 amide bonds. The molecule has 2 aliphatic heterocycles. The predicted molar refractivity (Wildman–Crippen MR) is 95.3 cm³/mol. The highest BCUT2D eigenvalue weighted by atomic mass is 16.5. The average Bonchev–Trinajstić information content (AvgIpc) is 3.07. The van der Waals surface area contributed by atoms with Crippen LogP contribution in [0.15, 0.2) is 12.1 Å². The van der Waals surface area contributed by atoms with E-state index < -0.39 is 0 Å². The summed E-state index contributed by atoms with van der Waals surface area (Å²) in [5, 5.41) is 3.46. The smallest absolute Gasteiger partial charge is 0.126 e. The topological polar surface area (TPSA) is 27.7 Å². The van der Waals surface area contributed by atoms with Gasteiger partial charge in [-0.3, -0.25) is 9.80 Å². The fraction of sp³-hybridized carbons (Fsp3) is 0.684. The Balaban J connectivity index is 1.90. The van der Waals surface area contributed by atoms with Crippen LogP contribution in [0.4, 0.5) is 0 Å². The van der Waals surface area contributed by atoms with Crippen molar-refractivity contribution in [1.82, 2.24) is 15.1 Å². The number of piperazine rings is 1. The molecule has 0 saturated carbocycles. The maximum Gasteiger partial charge on any atom is 0.126 e. The van der Waals surface area contributed by atoms with E-state index in [1.165, 1.54) is 42.6 Å². The van der Waals surface area contributed by atoms with Gasteiger partial charge in [0.15, 0.2) is 0 Å². The van der Waals surface area contributed by atoms with Gasteiger partial charge in [-0.05, 0) is 45.3 Å². The number of rotatable bonds is 5. The van der Waals surface area contributed by atoms with Gasteiger partial charge in [-0.2, -0.15) is 0 Å². The van der Waals surface area contributed by atoms with Crippen molar-refractivity contribution in [2.24, 2.45) is 0 Å². The summed E-state index contributed by atoms with van der Waals surface area (Å²) in [4.78, 5) is 5.27. The van der Waals surface area contributed by atoms with Gasteiger partial charge in [0.05, 0.1) is 13.2 Å². The van der Waals surface area contributed by atoms with Crippen LogP contribution in [0.25, 0.3) is 0 Å². The highest BCUT2D eigenvalue weighted by Crippen LogP contribution is 2.35. The molecule has 23 heavy (non-hydrogen) atoms. The van der Waals surface area contributed by atoms with Crippen LogP contribution in [0.3, 0.4) is 0 Å².